The number of aliphatic carboxylic acids is 1. The maximum atomic E-state index is 11.2. The van der Waals surface area contributed by atoms with Crippen LogP contribution in [0.2, 0.25) is 5.02 Å². The van der Waals surface area contributed by atoms with Crippen molar-refractivity contribution in [2.45, 2.75) is 19.8 Å². The predicted molar refractivity (Wildman–Crippen MR) is 109 cm³/mol. The number of hydrogen-bond donors (Lipinski definition) is 1. The Morgan fingerprint density at radius 2 is 2.08 bits per heavy atom. The average Bonchev–Trinajstić information content (AvgIpc) is 3.06. The summed E-state index contributed by atoms with van der Waals surface area (Å²) >= 11 is 7.79. The molecule has 0 amide bonds. The molecule has 26 heavy (non-hydrogen) atoms. The zero-order valence-electron chi connectivity index (χ0n) is 14.7. The lowest BCUT2D eigenvalue weighted by Crippen LogP contribution is -2.32. The molecule has 1 aromatic heterocycles. The van der Waals surface area contributed by atoms with E-state index < -0.39 is 5.97 Å². The molecule has 0 unspecified atom stereocenters. The molecule has 1 N–H and O–H groups in total. The quantitative estimate of drug-likeness (QED) is 0.736. The predicted octanol–water partition coefficient (Wildman–Crippen LogP) is 5.25. The summed E-state index contributed by atoms with van der Waals surface area (Å²) in [4.78, 5) is 14.7. The second-order valence-corrected chi connectivity index (χ2v) is 7.80. The Hall–Kier alpha value is -1.88. The number of halogens is 1. The van der Waals surface area contributed by atoms with Gasteiger partial charge < -0.3 is 5.11 Å². The van der Waals surface area contributed by atoms with Crippen LogP contribution in [0.25, 0.3) is 5.57 Å². The Bertz CT molecular complexity index is 836. The molecule has 0 saturated heterocycles. The molecule has 2 heterocycles. The Morgan fingerprint density at radius 1 is 1.31 bits per heavy atom. The second-order valence-electron chi connectivity index (χ2n) is 6.45. The average molecular weight is 388 g/mol. The van der Waals surface area contributed by atoms with Crippen molar-refractivity contribution < 1.29 is 9.90 Å². The van der Waals surface area contributed by atoms with Gasteiger partial charge in [-0.1, -0.05) is 35.9 Å². The van der Waals surface area contributed by atoms with E-state index in [9.17, 15) is 9.90 Å². The molecule has 1 aliphatic rings. The van der Waals surface area contributed by atoms with Gasteiger partial charge in [0.15, 0.2) is 0 Å². The Labute approximate surface area is 163 Å². The van der Waals surface area contributed by atoms with Crippen LogP contribution in [-0.4, -0.2) is 35.6 Å². The molecular weight excluding hydrogens is 366 g/mol. The lowest BCUT2D eigenvalue weighted by atomic mass is 10.0. The minimum Gasteiger partial charge on any atom is -0.478 e. The molecule has 3 rings (SSSR count). The number of benzene rings is 1. The summed E-state index contributed by atoms with van der Waals surface area (Å²) in [6.07, 6.45) is 5.78. The van der Waals surface area contributed by atoms with E-state index in [1.165, 1.54) is 16.0 Å². The van der Waals surface area contributed by atoms with Crippen LogP contribution < -0.4 is 0 Å². The van der Waals surface area contributed by atoms with Gasteiger partial charge in [-0.15, -0.1) is 11.3 Å². The molecule has 5 heteroatoms. The van der Waals surface area contributed by atoms with Crippen molar-refractivity contribution in [3.63, 3.8) is 0 Å². The topological polar surface area (TPSA) is 40.5 Å². The van der Waals surface area contributed by atoms with Crippen molar-refractivity contribution in [2.24, 2.45) is 0 Å². The largest absolute Gasteiger partial charge is 0.478 e. The van der Waals surface area contributed by atoms with Crippen molar-refractivity contribution in [2.75, 3.05) is 19.6 Å². The SMILES string of the molecule is Cc1ccsc1C(=CCCN1CCC=C(C(=O)O)C1)c1ccc(Cl)cc1. The lowest BCUT2D eigenvalue weighted by Gasteiger charge is -2.25. The fourth-order valence-corrected chi connectivity index (χ4v) is 4.28. The highest BCUT2D eigenvalue weighted by Crippen LogP contribution is 2.31. The molecule has 0 fully saturated rings. The second kappa shape index (κ2) is 8.67. The van der Waals surface area contributed by atoms with Gasteiger partial charge in [-0.25, -0.2) is 4.79 Å². The molecule has 1 aromatic carbocycles. The number of aryl methyl sites for hydroxylation is 1. The number of carbonyl (C=O) groups is 1. The van der Waals surface area contributed by atoms with Gasteiger partial charge in [0, 0.05) is 35.1 Å². The van der Waals surface area contributed by atoms with Gasteiger partial charge in [-0.2, -0.15) is 0 Å². The van der Waals surface area contributed by atoms with E-state index in [1.54, 1.807) is 11.3 Å². The van der Waals surface area contributed by atoms with E-state index in [0.29, 0.717) is 12.1 Å². The minimum absolute atomic E-state index is 0.507. The molecular formula is C21H22ClNO2S. The molecule has 2 aromatic rings. The van der Waals surface area contributed by atoms with E-state index in [0.717, 1.165) is 36.5 Å². The van der Waals surface area contributed by atoms with Gasteiger partial charge in [0.1, 0.15) is 0 Å². The molecule has 0 spiro atoms. The lowest BCUT2D eigenvalue weighted by molar-refractivity contribution is -0.133. The molecule has 136 valence electrons. The van der Waals surface area contributed by atoms with Gasteiger partial charge in [0.05, 0.1) is 0 Å². The number of nitrogens with zero attached hydrogens (tertiary/aromatic N) is 1. The van der Waals surface area contributed by atoms with Gasteiger partial charge in [-0.05, 0) is 60.0 Å². The smallest absolute Gasteiger partial charge is 0.332 e. The zero-order valence-corrected chi connectivity index (χ0v) is 16.3. The van der Waals surface area contributed by atoms with Crippen LogP contribution in [0, 0.1) is 6.92 Å². The van der Waals surface area contributed by atoms with Crippen LogP contribution in [0.5, 0.6) is 0 Å². The molecule has 0 radical (unpaired) electrons. The van der Waals surface area contributed by atoms with Crippen LogP contribution >= 0.6 is 22.9 Å². The molecule has 0 atom stereocenters. The maximum Gasteiger partial charge on any atom is 0.332 e. The first-order valence-corrected chi connectivity index (χ1v) is 9.95. The molecule has 3 nitrogen and oxygen atoms in total. The van der Waals surface area contributed by atoms with E-state index in [-0.39, 0.29) is 0 Å². The van der Waals surface area contributed by atoms with Gasteiger partial charge in [0.2, 0.25) is 0 Å². The summed E-state index contributed by atoms with van der Waals surface area (Å²) in [6, 6.07) is 10.1. The highest BCUT2D eigenvalue weighted by molar-refractivity contribution is 7.11. The summed E-state index contributed by atoms with van der Waals surface area (Å²) in [5.41, 5.74) is 4.16. The molecule has 0 aliphatic carbocycles. The maximum absolute atomic E-state index is 11.2. The third-order valence-corrected chi connectivity index (χ3v) is 5.86. The van der Waals surface area contributed by atoms with Gasteiger partial charge >= 0.3 is 5.97 Å². The first kappa shape index (κ1) is 18.9. The zero-order chi connectivity index (χ0) is 18.5. The number of thiophene rings is 1. The Morgan fingerprint density at radius 3 is 2.73 bits per heavy atom. The van der Waals surface area contributed by atoms with E-state index >= 15 is 0 Å². The monoisotopic (exact) mass is 387 g/mol. The molecule has 0 bridgehead atoms. The summed E-state index contributed by atoms with van der Waals surface area (Å²) in [5, 5.41) is 12.0. The van der Waals surface area contributed by atoms with Crippen LogP contribution in [0.4, 0.5) is 0 Å². The fraction of sp³-hybridized carbons (Fsp3) is 0.286. The van der Waals surface area contributed by atoms with Crippen molar-refractivity contribution >= 4 is 34.5 Å². The van der Waals surface area contributed by atoms with E-state index in [2.05, 4.69) is 41.5 Å². The highest BCUT2D eigenvalue weighted by Gasteiger charge is 2.17. The number of carboxylic acids is 1. The molecule has 0 saturated carbocycles. The van der Waals surface area contributed by atoms with Gasteiger partial charge in [-0.3, -0.25) is 4.90 Å². The van der Waals surface area contributed by atoms with Crippen molar-refractivity contribution in [3.05, 3.63) is 74.5 Å². The van der Waals surface area contributed by atoms with E-state index in [1.807, 2.05) is 18.2 Å². The standard InChI is InChI=1S/C21H22ClNO2S/c1-15-10-13-26-20(15)19(16-6-8-18(22)9-7-16)5-3-12-23-11-2-4-17(14-23)21(24)25/h4-10,13H,2-3,11-12,14H2,1H3,(H,24,25). The summed E-state index contributed by atoms with van der Waals surface area (Å²) in [7, 11) is 0. The summed E-state index contributed by atoms with van der Waals surface area (Å²) in [6.45, 7) is 4.42. The van der Waals surface area contributed by atoms with Gasteiger partial charge in [0.25, 0.3) is 0 Å². The van der Waals surface area contributed by atoms with Crippen molar-refractivity contribution in [1.29, 1.82) is 0 Å². The van der Waals surface area contributed by atoms with Crippen LogP contribution in [0.15, 0.2) is 53.4 Å². The number of hydrogen-bond acceptors (Lipinski definition) is 3. The minimum atomic E-state index is -0.804. The van der Waals surface area contributed by atoms with Crippen molar-refractivity contribution in [3.8, 4) is 0 Å². The number of rotatable bonds is 6. The first-order chi connectivity index (χ1) is 12.5. The normalized spacial score (nSPS) is 15.8. The first-order valence-electron chi connectivity index (χ1n) is 8.70. The summed E-state index contributed by atoms with van der Waals surface area (Å²) in [5.74, 6) is -0.804. The Balaban J connectivity index is 1.75. The third-order valence-electron chi connectivity index (χ3n) is 4.56. The molecule has 1 aliphatic heterocycles. The fourth-order valence-electron chi connectivity index (χ4n) is 3.16. The summed E-state index contributed by atoms with van der Waals surface area (Å²) < 4.78 is 0. The third kappa shape index (κ3) is 4.64. The number of carboxylic acid groups (broad SMARTS) is 1. The highest BCUT2D eigenvalue weighted by atomic mass is 35.5. The van der Waals surface area contributed by atoms with Crippen molar-refractivity contribution in [1.82, 2.24) is 4.90 Å². The van der Waals surface area contributed by atoms with Crippen LogP contribution in [-0.2, 0) is 4.79 Å². The van der Waals surface area contributed by atoms with E-state index in [4.69, 9.17) is 11.6 Å². The van der Waals surface area contributed by atoms with Crippen LogP contribution in [0.1, 0.15) is 28.8 Å². The Kier molecular flexibility index (Phi) is 6.30. The van der Waals surface area contributed by atoms with Crippen LogP contribution in [0.3, 0.4) is 0 Å².